The predicted octanol–water partition coefficient (Wildman–Crippen LogP) is 2.13. The Morgan fingerprint density at radius 2 is 1.58 bits per heavy atom. The van der Waals surface area contributed by atoms with Crippen LogP contribution < -0.4 is 23.7 Å². The summed E-state index contributed by atoms with van der Waals surface area (Å²) >= 11 is 0. The van der Waals surface area contributed by atoms with Gasteiger partial charge in [-0.3, -0.25) is 4.72 Å². The van der Waals surface area contributed by atoms with Crippen LogP contribution in [0.25, 0.3) is 0 Å². The molecule has 7 nitrogen and oxygen atoms in total. The molecule has 5 rings (SSSR count). The van der Waals surface area contributed by atoms with Gasteiger partial charge in [-0.2, -0.15) is 0 Å². The lowest BCUT2D eigenvalue weighted by atomic mass is 10.1. The van der Waals surface area contributed by atoms with Crippen LogP contribution in [-0.2, 0) is 22.9 Å². The van der Waals surface area contributed by atoms with Gasteiger partial charge < -0.3 is 18.9 Å². The van der Waals surface area contributed by atoms with Gasteiger partial charge in [-0.15, -0.1) is 0 Å². The van der Waals surface area contributed by atoms with E-state index in [1.165, 1.54) is 0 Å². The van der Waals surface area contributed by atoms with E-state index in [0.29, 0.717) is 73.5 Å². The quantitative estimate of drug-likeness (QED) is 0.885. The van der Waals surface area contributed by atoms with E-state index in [9.17, 15) is 8.42 Å². The van der Waals surface area contributed by atoms with Crippen molar-refractivity contribution in [3.05, 3.63) is 35.4 Å². The molecule has 0 saturated carbocycles. The summed E-state index contributed by atoms with van der Waals surface area (Å²) in [5.74, 6) is 2.22. The lowest BCUT2D eigenvalue weighted by molar-refractivity contribution is 0.171. The first-order valence-electron chi connectivity index (χ1n) is 8.49. The maximum atomic E-state index is 13.2. The number of hydrogen-bond donors (Lipinski definition) is 1. The van der Waals surface area contributed by atoms with Crippen molar-refractivity contribution >= 4 is 15.7 Å². The van der Waals surface area contributed by atoms with Crippen LogP contribution >= 0.6 is 0 Å². The molecule has 0 unspecified atom stereocenters. The third-order valence-electron chi connectivity index (χ3n) is 4.67. The highest BCUT2D eigenvalue weighted by Crippen LogP contribution is 2.44. The third kappa shape index (κ3) is 2.44. The van der Waals surface area contributed by atoms with Crippen LogP contribution in [0.2, 0.25) is 0 Å². The SMILES string of the molecule is O=S(=O)(Nc1ccc2c(c1)OCCO2)c1c2c(cc3c1OCC3)OCC2. The molecule has 3 aliphatic rings. The van der Waals surface area contributed by atoms with Gasteiger partial charge in [-0.1, -0.05) is 0 Å². The number of sulfonamides is 1. The number of rotatable bonds is 3. The van der Waals surface area contributed by atoms with Crippen molar-refractivity contribution in [1.82, 2.24) is 0 Å². The Morgan fingerprint density at radius 3 is 2.46 bits per heavy atom. The Labute approximate surface area is 150 Å². The molecular formula is C18H17NO6S. The van der Waals surface area contributed by atoms with E-state index in [1.54, 1.807) is 18.2 Å². The van der Waals surface area contributed by atoms with Gasteiger partial charge in [0.1, 0.15) is 29.6 Å². The Bertz CT molecular complexity index is 969. The fourth-order valence-electron chi connectivity index (χ4n) is 3.54. The maximum Gasteiger partial charge on any atom is 0.266 e. The fourth-order valence-corrected chi connectivity index (χ4v) is 5.04. The molecule has 2 aromatic rings. The minimum absolute atomic E-state index is 0.190. The van der Waals surface area contributed by atoms with Gasteiger partial charge in [-0.25, -0.2) is 8.42 Å². The molecule has 0 bridgehead atoms. The molecule has 26 heavy (non-hydrogen) atoms. The fraction of sp³-hybridized carbons (Fsp3) is 0.333. The van der Waals surface area contributed by atoms with Crippen LogP contribution in [0.1, 0.15) is 11.1 Å². The first-order chi connectivity index (χ1) is 12.6. The van der Waals surface area contributed by atoms with Gasteiger partial charge >= 0.3 is 0 Å². The van der Waals surface area contributed by atoms with Crippen molar-refractivity contribution in [1.29, 1.82) is 0 Å². The van der Waals surface area contributed by atoms with Crippen molar-refractivity contribution in [2.75, 3.05) is 31.1 Å². The molecule has 0 fully saturated rings. The standard InChI is InChI=1S/C18H17NO6S/c20-26(21,19-12-1-2-14-16(10-12)24-8-7-23-14)18-13-4-6-22-15(13)9-11-3-5-25-17(11)18/h1-2,9-10,19H,3-8H2. The zero-order valence-electron chi connectivity index (χ0n) is 13.9. The van der Waals surface area contributed by atoms with E-state index in [1.807, 2.05) is 6.07 Å². The second-order valence-corrected chi connectivity index (χ2v) is 7.95. The topological polar surface area (TPSA) is 83.1 Å². The molecule has 0 spiro atoms. The van der Waals surface area contributed by atoms with E-state index in [4.69, 9.17) is 18.9 Å². The number of ether oxygens (including phenoxy) is 4. The zero-order valence-corrected chi connectivity index (χ0v) is 14.7. The van der Waals surface area contributed by atoms with Crippen molar-refractivity contribution in [3.63, 3.8) is 0 Å². The summed E-state index contributed by atoms with van der Waals surface area (Å²) in [6, 6.07) is 6.89. The van der Waals surface area contributed by atoms with E-state index in [0.717, 1.165) is 5.56 Å². The molecule has 0 aromatic heterocycles. The summed E-state index contributed by atoms with van der Waals surface area (Å²) in [5, 5.41) is 0. The molecule has 1 N–H and O–H groups in total. The Hall–Kier alpha value is -2.61. The molecule has 0 amide bonds. The van der Waals surface area contributed by atoms with E-state index < -0.39 is 10.0 Å². The lowest BCUT2D eigenvalue weighted by Gasteiger charge is -2.19. The van der Waals surface area contributed by atoms with Gasteiger partial charge in [0.15, 0.2) is 11.5 Å². The highest BCUT2D eigenvalue weighted by Gasteiger charge is 2.34. The third-order valence-corrected chi connectivity index (χ3v) is 6.14. The largest absolute Gasteiger partial charge is 0.493 e. The number of fused-ring (bicyclic) bond motifs is 3. The van der Waals surface area contributed by atoms with Crippen LogP contribution in [0.15, 0.2) is 29.2 Å². The average Bonchev–Trinajstić information content (AvgIpc) is 3.27. The summed E-state index contributed by atoms with van der Waals surface area (Å²) < 4.78 is 51.2. The summed E-state index contributed by atoms with van der Waals surface area (Å²) in [7, 11) is -3.84. The summed E-state index contributed by atoms with van der Waals surface area (Å²) in [6.07, 6.45) is 1.22. The second kappa shape index (κ2) is 5.70. The van der Waals surface area contributed by atoms with E-state index in [2.05, 4.69) is 4.72 Å². The van der Waals surface area contributed by atoms with Crippen LogP contribution in [0.5, 0.6) is 23.0 Å². The average molecular weight is 375 g/mol. The molecule has 3 aliphatic heterocycles. The van der Waals surface area contributed by atoms with Crippen LogP contribution in [0, 0.1) is 0 Å². The Balaban J connectivity index is 1.56. The predicted molar refractivity (Wildman–Crippen MR) is 93.1 cm³/mol. The lowest BCUT2D eigenvalue weighted by Crippen LogP contribution is -2.18. The van der Waals surface area contributed by atoms with Gasteiger partial charge in [-0.05, 0) is 18.2 Å². The molecule has 2 aromatic carbocycles. The van der Waals surface area contributed by atoms with Crippen molar-refractivity contribution in [2.45, 2.75) is 17.7 Å². The Kier molecular flexibility index (Phi) is 3.43. The highest BCUT2D eigenvalue weighted by atomic mass is 32.2. The van der Waals surface area contributed by atoms with Gasteiger partial charge in [0, 0.05) is 30.0 Å². The van der Waals surface area contributed by atoms with Gasteiger partial charge in [0.2, 0.25) is 0 Å². The van der Waals surface area contributed by atoms with E-state index >= 15 is 0 Å². The minimum Gasteiger partial charge on any atom is -0.493 e. The molecule has 0 saturated heterocycles. The van der Waals surface area contributed by atoms with Crippen molar-refractivity contribution in [2.24, 2.45) is 0 Å². The van der Waals surface area contributed by atoms with E-state index in [-0.39, 0.29) is 4.90 Å². The monoisotopic (exact) mass is 375 g/mol. The second-order valence-electron chi connectivity index (χ2n) is 6.33. The summed E-state index contributed by atoms with van der Waals surface area (Å²) in [4.78, 5) is 0.190. The normalized spacial score (nSPS) is 17.1. The molecule has 3 heterocycles. The molecular weight excluding hydrogens is 358 g/mol. The molecule has 136 valence electrons. The van der Waals surface area contributed by atoms with Crippen LogP contribution in [-0.4, -0.2) is 34.8 Å². The summed E-state index contributed by atoms with van der Waals surface area (Å²) in [6.45, 7) is 1.88. The van der Waals surface area contributed by atoms with Crippen molar-refractivity contribution in [3.8, 4) is 23.0 Å². The number of anilines is 1. The molecule has 0 radical (unpaired) electrons. The molecule has 8 heteroatoms. The Morgan fingerprint density at radius 1 is 0.808 bits per heavy atom. The number of nitrogens with one attached hydrogen (secondary N) is 1. The van der Waals surface area contributed by atoms with Gasteiger partial charge in [0.05, 0.1) is 18.9 Å². The maximum absolute atomic E-state index is 13.2. The molecule has 0 aliphatic carbocycles. The smallest absolute Gasteiger partial charge is 0.266 e. The first kappa shape index (κ1) is 15.6. The van der Waals surface area contributed by atoms with Crippen molar-refractivity contribution < 1.29 is 27.4 Å². The van der Waals surface area contributed by atoms with Crippen LogP contribution in [0.3, 0.4) is 0 Å². The first-order valence-corrected chi connectivity index (χ1v) is 9.97. The molecule has 0 atom stereocenters. The highest BCUT2D eigenvalue weighted by molar-refractivity contribution is 7.92. The summed E-state index contributed by atoms with van der Waals surface area (Å²) in [5.41, 5.74) is 1.96. The number of hydrogen-bond acceptors (Lipinski definition) is 6. The van der Waals surface area contributed by atoms with Gasteiger partial charge in [0.25, 0.3) is 10.0 Å². The number of benzene rings is 2. The zero-order chi connectivity index (χ0) is 17.7. The minimum atomic E-state index is -3.84. The van der Waals surface area contributed by atoms with Crippen LogP contribution in [0.4, 0.5) is 5.69 Å².